The minimum absolute atomic E-state index is 0.0906. The number of aromatic amines is 1. The SMILES string of the molecule is Cc1nc2ccc(-c3n[nH]c4nc(N5[C@@H]6CC[C@H]5[C@@H](F)[C@@H](N)C6)c(CO)nc34)c(Cl)c2s1. The van der Waals surface area contributed by atoms with Crippen molar-refractivity contribution in [1.82, 2.24) is 25.1 Å². The van der Waals surface area contributed by atoms with Crippen molar-refractivity contribution in [2.24, 2.45) is 5.73 Å². The van der Waals surface area contributed by atoms with Gasteiger partial charge in [0.1, 0.15) is 23.1 Å². The van der Waals surface area contributed by atoms with Gasteiger partial charge in [-0.3, -0.25) is 5.10 Å². The number of hydrogen-bond donors (Lipinski definition) is 3. The molecule has 0 spiro atoms. The fourth-order valence-corrected chi connectivity index (χ4v) is 6.36. The zero-order valence-corrected chi connectivity index (χ0v) is 18.8. The standard InChI is InChI=1S/C21H21ClFN7OS/c1-8-25-12-4-3-10(15(22)19(12)32-8)17-18-20(29-28-17)27-21(13(7-31)26-18)30-9-2-5-14(30)16(23)11(24)6-9/h3-4,9,11,14,16,31H,2,5-7,24H2,1H3,(H,27,28,29)/t9-,11+,14+,16+/m1/s1. The molecule has 166 valence electrons. The first-order chi connectivity index (χ1) is 15.5. The maximum atomic E-state index is 14.8. The Morgan fingerprint density at radius 3 is 2.97 bits per heavy atom. The zero-order valence-electron chi connectivity index (χ0n) is 17.2. The third-order valence-corrected chi connectivity index (χ3v) is 8.07. The Kier molecular flexibility index (Phi) is 4.62. The maximum Gasteiger partial charge on any atom is 0.177 e. The summed E-state index contributed by atoms with van der Waals surface area (Å²) >= 11 is 8.23. The first-order valence-corrected chi connectivity index (χ1v) is 11.8. The summed E-state index contributed by atoms with van der Waals surface area (Å²) in [6, 6.07) is 3.05. The molecule has 5 heterocycles. The molecule has 1 aromatic carbocycles. The van der Waals surface area contributed by atoms with Gasteiger partial charge in [0.2, 0.25) is 0 Å². The first kappa shape index (κ1) is 20.2. The van der Waals surface area contributed by atoms with E-state index >= 15 is 0 Å². The number of thiazole rings is 1. The number of halogens is 2. The minimum atomic E-state index is -1.14. The summed E-state index contributed by atoms with van der Waals surface area (Å²) in [5, 5.41) is 19.0. The Morgan fingerprint density at radius 2 is 2.16 bits per heavy atom. The quantitative estimate of drug-likeness (QED) is 0.417. The molecule has 2 aliphatic rings. The summed E-state index contributed by atoms with van der Waals surface area (Å²) in [6.07, 6.45) is 0.980. The van der Waals surface area contributed by atoms with Crippen molar-refractivity contribution in [3.05, 3.63) is 27.9 Å². The van der Waals surface area contributed by atoms with Crippen molar-refractivity contribution in [2.45, 2.75) is 57.1 Å². The molecule has 4 atom stereocenters. The Morgan fingerprint density at radius 1 is 1.31 bits per heavy atom. The van der Waals surface area contributed by atoms with Crippen LogP contribution in [-0.2, 0) is 6.61 Å². The highest BCUT2D eigenvalue weighted by Gasteiger charge is 2.48. The molecule has 11 heteroatoms. The number of anilines is 1. The van der Waals surface area contributed by atoms with E-state index in [-0.39, 0.29) is 18.7 Å². The highest BCUT2D eigenvalue weighted by Crippen LogP contribution is 2.42. The van der Waals surface area contributed by atoms with Gasteiger partial charge in [0, 0.05) is 17.6 Å². The molecule has 3 aromatic heterocycles. The molecule has 6 rings (SSSR count). The van der Waals surface area contributed by atoms with E-state index in [0.717, 1.165) is 21.6 Å². The maximum absolute atomic E-state index is 14.8. The molecular weight excluding hydrogens is 453 g/mol. The number of nitrogens with two attached hydrogens (primary N) is 1. The van der Waals surface area contributed by atoms with Crippen molar-refractivity contribution < 1.29 is 9.50 Å². The Balaban J connectivity index is 1.49. The van der Waals surface area contributed by atoms with Crippen molar-refractivity contribution in [3.63, 3.8) is 0 Å². The van der Waals surface area contributed by atoms with E-state index in [9.17, 15) is 9.50 Å². The third-order valence-electron chi connectivity index (χ3n) is 6.57. The second-order valence-electron chi connectivity index (χ2n) is 8.48. The number of nitrogens with one attached hydrogen (secondary N) is 1. The topological polar surface area (TPSA) is 117 Å². The van der Waals surface area contributed by atoms with Crippen LogP contribution in [0.3, 0.4) is 0 Å². The van der Waals surface area contributed by atoms with Gasteiger partial charge in [0.25, 0.3) is 0 Å². The highest BCUT2D eigenvalue weighted by atomic mass is 35.5. The van der Waals surface area contributed by atoms with Crippen molar-refractivity contribution in [1.29, 1.82) is 0 Å². The number of H-pyrrole nitrogens is 1. The molecule has 2 aliphatic heterocycles. The van der Waals surface area contributed by atoms with Crippen LogP contribution in [0.25, 0.3) is 32.6 Å². The summed E-state index contributed by atoms with van der Waals surface area (Å²) in [5.41, 5.74) is 9.48. The lowest BCUT2D eigenvalue weighted by Gasteiger charge is -2.41. The number of piperidine rings is 1. The van der Waals surface area contributed by atoms with Crippen LogP contribution in [0.2, 0.25) is 5.02 Å². The van der Waals surface area contributed by atoms with Gasteiger partial charge >= 0.3 is 0 Å². The number of aliphatic hydroxyl groups excluding tert-OH is 1. The van der Waals surface area contributed by atoms with Gasteiger partial charge in [0.05, 0.1) is 32.9 Å². The molecule has 32 heavy (non-hydrogen) atoms. The molecule has 0 radical (unpaired) electrons. The number of aryl methyl sites for hydroxylation is 1. The van der Waals surface area contributed by atoms with E-state index in [2.05, 4.69) is 15.2 Å². The lowest BCUT2D eigenvalue weighted by Crippen LogP contribution is -2.56. The van der Waals surface area contributed by atoms with E-state index < -0.39 is 12.2 Å². The van der Waals surface area contributed by atoms with Crippen molar-refractivity contribution in [3.8, 4) is 11.3 Å². The number of alkyl halides is 1. The molecule has 0 aliphatic carbocycles. The summed E-state index contributed by atoms with van der Waals surface area (Å²) in [5.74, 6) is 0.497. The normalized spacial score (nSPS) is 25.3. The first-order valence-electron chi connectivity index (χ1n) is 10.6. The molecule has 0 unspecified atom stereocenters. The molecule has 8 nitrogen and oxygen atoms in total. The lowest BCUT2D eigenvalue weighted by atomic mass is 9.96. The zero-order chi connectivity index (χ0) is 22.1. The molecular formula is C21H21ClFN7OS. The van der Waals surface area contributed by atoms with Crippen LogP contribution in [0.5, 0.6) is 0 Å². The highest BCUT2D eigenvalue weighted by molar-refractivity contribution is 7.19. The van der Waals surface area contributed by atoms with Crippen LogP contribution in [0.4, 0.5) is 10.2 Å². The third kappa shape index (κ3) is 2.86. The predicted octanol–water partition coefficient (Wildman–Crippen LogP) is 3.49. The van der Waals surface area contributed by atoms with Crippen molar-refractivity contribution >= 4 is 50.1 Å². The Hall–Kier alpha value is -2.40. The second kappa shape index (κ2) is 7.31. The largest absolute Gasteiger partial charge is 0.390 e. The van der Waals surface area contributed by atoms with Crippen LogP contribution < -0.4 is 10.6 Å². The molecule has 2 saturated heterocycles. The number of fused-ring (bicyclic) bond motifs is 4. The van der Waals surface area contributed by atoms with E-state index in [0.29, 0.717) is 51.8 Å². The van der Waals surface area contributed by atoms with Crippen LogP contribution in [0.15, 0.2) is 12.1 Å². The number of rotatable bonds is 3. The summed E-state index contributed by atoms with van der Waals surface area (Å²) in [4.78, 5) is 15.9. The molecule has 2 bridgehead atoms. The van der Waals surface area contributed by atoms with Crippen LogP contribution in [-0.4, -0.2) is 54.6 Å². The molecule has 0 amide bonds. The number of aliphatic hydroxyl groups is 1. The summed E-state index contributed by atoms with van der Waals surface area (Å²) in [7, 11) is 0. The fraction of sp³-hybridized carbons (Fsp3) is 0.429. The number of hydrogen-bond acceptors (Lipinski definition) is 8. The van der Waals surface area contributed by atoms with Gasteiger partial charge in [-0.2, -0.15) is 5.10 Å². The number of benzene rings is 1. The second-order valence-corrected chi connectivity index (χ2v) is 10.1. The minimum Gasteiger partial charge on any atom is -0.390 e. The summed E-state index contributed by atoms with van der Waals surface area (Å²) < 4.78 is 15.7. The number of nitrogens with zero attached hydrogens (tertiary/aromatic N) is 5. The monoisotopic (exact) mass is 473 g/mol. The van der Waals surface area contributed by atoms with Gasteiger partial charge in [-0.1, -0.05) is 11.6 Å². The van der Waals surface area contributed by atoms with Crippen molar-refractivity contribution in [2.75, 3.05) is 4.90 Å². The number of aromatic nitrogens is 5. The summed E-state index contributed by atoms with van der Waals surface area (Å²) in [6.45, 7) is 1.62. The van der Waals surface area contributed by atoms with Crippen LogP contribution in [0, 0.1) is 6.92 Å². The Bertz CT molecular complexity index is 1360. The fourth-order valence-electron chi connectivity index (χ4n) is 5.14. The van der Waals surface area contributed by atoms with Gasteiger partial charge < -0.3 is 15.7 Å². The van der Waals surface area contributed by atoms with Gasteiger partial charge in [-0.15, -0.1) is 11.3 Å². The van der Waals surface area contributed by atoms with E-state index in [1.165, 1.54) is 11.3 Å². The predicted molar refractivity (Wildman–Crippen MR) is 123 cm³/mol. The molecule has 4 N–H and O–H groups in total. The van der Waals surface area contributed by atoms with E-state index in [1.54, 1.807) is 0 Å². The molecule has 4 aromatic rings. The smallest absolute Gasteiger partial charge is 0.177 e. The molecule has 0 saturated carbocycles. The van der Waals surface area contributed by atoms with Gasteiger partial charge in [-0.05, 0) is 38.3 Å². The molecule has 2 fully saturated rings. The average molecular weight is 474 g/mol. The van der Waals surface area contributed by atoms with E-state index in [4.69, 9.17) is 27.3 Å². The van der Waals surface area contributed by atoms with Crippen LogP contribution >= 0.6 is 22.9 Å². The van der Waals surface area contributed by atoms with Gasteiger partial charge in [0.15, 0.2) is 11.5 Å². The van der Waals surface area contributed by atoms with E-state index in [1.807, 2.05) is 24.0 Å². The Labute approximate surface area is 191 Å². The van der Waals surface area contributed by atoms with Gasteiger partial charge in [-0.25, -0.2) is 19.3 Å². The average Bonchev–Trinajstić information content (AvgIpc) is 3.46. The lowest BCUT2D eigenvalue weighted by molar-refractivity contribution is 0.202. The van der Waals surface area contributed by atoms with Crippen LogP contribution in [0.1, 0.15) is 30.0 Å².